The summed E-state index contributed by atoms with van der Waals surface area (Å²) in [6.07, 6.45) is 1.72. The van der Waals surface area contributed by atoms with Crippen molar-refractivity contribution in [1.29, 1.82) is 0 Å². The molecule has 3 rings (SSSR count). The number of nitrogens with one attached hydrogen (secondary N) is 1. The Morgan fingerprint density at radius 1 is 1.29 bits per heavy atom. The summed E-state index contributed by atoms with van der Waals surface area (Å²) >= 11 is 6.87. The lowest BCUT2D eigenvalue weighted by Crippen LogP contribution is -2.18. The van der Waals surface area contributed by atoms with Crippen molar-refractivity contribution in [2.75, 3.05) is 7.05 Å². The van der Waals surface area contributed by atoms with Gasteiger partial charge in [-0.05, 0) is 57.1 Å². The Labute approximate surface area is 137 Å². The van der Waals surface area contributed by atoms with Crippen LogP contribution in [-0.2, 0) is 0 Å². The van der Waals surface area contributed by atoms with Gasteiger partial charge in [-0.3, -0.25) is 4.98 Å². The average molecular weight is 414 g/mol. The van der Waals surface area contributed by atoms with Crippen LogP contribution in [0.25, 0.3) is 11.0 Å². The third-order valence-electron chi connectivity index (χ3n) is 3.20. The minimum absolute atomic E-state index is 0.265. The zero-order valence-corrected chi connectivity index (χ0v) is 14.2. The van der Waals surface area contributed by atoms with Crippen LogP contribution in [0.15, 0.2) is 49.9 Å². The summed E-state index contributed by atoms with van der Waals surface area (Å²) < 4.78 is 21.2. The molecule has 0 spiro atoms. The molecule has 0 saturated heterocycles. The minimum atomic E-state index is -0.364. The van der Waals surface area contributed by atoms with Crippen LogP contribution < -0.4 is 5.32 Å². The van der Waals surface area contributed by atoms with E-state index in [0.717, 1.165) is 20.0 Å². The van der Waals surface area contributed by atoms with Crippen molar-refractivity contribution in [3.8, 4) is 0 Å². The second-order valence-corrected chi connectivity index (χ2v) is 6.32. The Morgan fingerprint density at radius 3 is 2.76 bits per heavy atom. The van der Waals surface area contributed by atoms with E-state index in [-0.39, 0.29) is 17.4 Å². The molecule has 1 N–H and O–H groups in total. The summed E-state index contributed by atoms with van der Waals surface area (Å²) in [6, 6.07) is 8.35. The molecule has 0 fully saturated rings. The lowest BCUT2D eigenvalue weighted by molar-refractivity contribution is 0.471. The molecular weight excluding hydrogens is 403 g/mol. The smallest absolute Gasteiger partial charge is 0.169 e. The number of hydrogen-bond donors (Lipinski definition) is 1. The highest BCUT2D eigenvalue weighted by molar-refractivity contribution is 9.11. The molecule has 1 aromatic carbocycles. The molecule has 0 saturated carbocycles. The van der Waals surface area contributed by atoms with Crippen molar-refractivity contribution in [3.63, 3.8) is 0 Å². The van der Waals surface area contributed by atoms with E-state index in [4.69, 9.17) is 4.42 Å². The van der Waals surface area contributed by atoms with Gasteiger partial charge in [0.15, 0.2) is 11.4 Å². The Kier molecular flexibility index (Phi) is 4.10. The summed E-state index contributed by atoms with van der Waals surface area (Å²) in [4.78, 5) is 4.41. The quantitative estimate of drug-likeness (QED) is 0.670. The summed E-state index contributed by atoms with van der Waals surface area (Å²) in [5.74, 6) is 0.254. The fraction of sp³-hybridized carbons (Fsp3) is 0.133. The lowest BCUT2D eigenvalue weighted by Gasteiger charge is -2.14. The van der Waals surface area contributed by atoms with Gasteiger partial charge in [-0.25, -0.2) is 4.39 Å². The molecule has 1 atom stereocenters. The van der Waals surface area contributed by atoms with Gasteiger partial charge in [-0.15, -0.1) is 0 Å². The van der Waals surface area contributed by atoms with Gasteiger partial charge in [0.1, 0.15) is 11.8 Å². The Hall–Kier alpha value is -1.24. The average Bonchev–Trinajstić information content (AvgIpc) is 2.87. The van der Waals surface area contributed by atoms with Gasteiger partial charge in [0.05, 0.1) is 5.69 Å². The van der Waals surface area contributed by atoms with Crippen molar-refractivity contribution in [2.24, 2.45) is 0 Å². The third-order valence-corrected chi connectivity index (χ3v) is 4.27. The molecule has 0 aliphatic rings. The molecule has 0 aliphatic carbocycles. The lowest BCUT2D eigenvalue weighted by atomic mass is 10.1. The number of para-hydroxylation sites is 1. The molecule has 2 heterocycles. The van der Waals surface area contributed by atoms with Gasteiger partial charge in [0, 0.05) is 20.5 Å². The number of pyridine rings is 1. The van der Waals surface area contributed by atoms with Crippen molar-refractivity contribution >= 4 is 42.8 Å². The Morgan fingerprint density at radius 2 is 2.10 bits per heavy atom. The number of nitrogens with zero attached hydrogens (tertiary/aromatic N) is 1. The van der Waals surface area contributed by atoms with E-state index in [1.165, 1.54) is 6.07 Å². The van der Waals surface area contributed by atoms with E-state index < -0.39 is 0 Å². The molecule has 1 unspecified atom stereocenters. The molecule has 3 aromatic rings. The van der Waals surface area contributed by atoms with Crippen LogP contribution >= 0.6 is 31.9 Å². The maximum absolute atomic E-state index is 13.8. The molecule has 3 nitrogen and oxygen atoms in total. The Balaban J connectivity index is 2.11. The molecule has 0 amide bonds. The van der Waals surface area contributed by atoms with Crippen molar-refractivity contribution in [3.05, 3.63) is 62.7 Å². The van der Waals surface area contributed by atoms with Gasteiger partial charge in [-0.2, -0.15) is 0 Å². The highest BCUT2D eigenvalue weighted by Crippen LogP contribution is 2.32. The fourth-order valence-electron chi connectivity index (χ4n) is 2.24. The first-order valence-electron chi connectivity index (χ1n) is 6.26. The van der Waals surface area contributed by atoms with Gasteiger partial charge >= 0.3 is 0 Å². The second-order valence-electron chi connectivity index (χ2n) is 4.55. The van der Waals surface area contributed by atoms with Crippen molar-refractivity contribution in [1.82, 2.24) is 10.3 Å². The monoisotopic (exact) mass is 412 g/mol. The summed E-state index contributed by atoms with van der Waals surface area (Å²) in [7, 11) is 1.81. The van der Waals surface area contributed by atoms with E-state index in [1.54, 1.807) is 12.3 Å². The molecule has 2 aromatic heterocycles. The maximum atomic E-state index is 13.8. The summed E-state index contributed by atoms with van der Waals surface area (Å²) in [6.45, 7) is 0. The van der Waals surface area contributed by atoms with Crippen LogP contribution in [0.1, 0.15) is 17.5 Å². The van der Waals surface area contributed by atoms with Crippen molar-refractivity contribution in [2.45, 2.75) is 6.04 Å². The number of fused-ring (bicyclic) bond motifs is 1. The third kappa shape index (κ3) is 2.75. The molecular formula is C15H11Br2FN2O. The zero-order chi connectivity index (χ0) is 15.0. The normalized spacial score (nSPS) is 12.8. The van der Waals surface area contributed by atoms with E-state index in [9.17, 15) is 4.39 Å². The van der Waals surface area contributed by atoms with Crippen LogP contribution in [0.2, 0.25) is 0 Å². The molecule has 21 heavy (non-hydrogen) atoms. The standard InChI is InChI=1S/C15H11Br2FN2O/c1-19-14(13-10(17)6-9(16)7-20-13)12-5-8-3-2-4-11(18)15(8)21-12/h2-7,14,19H,1H3. The number of aromatic nitrogens is 1. The highest BCUT2D eigenvalue weighted by atomic mass is 79.9. The topological polar surface area (TPSA) is 38.1 Å². The van der Waals surface area contributed by atoms with Crippen LogP contribution in [0, 0.1) is 5.82 Å². The first kappa shape index (κ1) is 14.7. The first-order chi connectivity index (χ1) is 10.1. The maximum Gasteiger partial charge on any atom is 0.169 e. The SMILES string of the molecule is CNC(c1cc2cccc(F)c2o1)c1ncc(Br)cc1Br. The van der Waals surface area contributed by atoms with Gasteiger partial charge in [0.25, 0.3) is 0 Å². The van der Waals surface area contributed by atoms with Crippen molar-refractivity contribution < 1.29 is 8.81 Å². The molecule has 108 valence electrons. The molecule has 6 heteroatoms. The largest absolute Gasteiger partial charge is 0.456 e. The van der Waals surface area contributed by atoms with E-state index >= 15 is 0 Å². The molecule has 0 bridgehead atoms. The van der Waals surface area contributed by atoms with Crippen LogP contribution in [0.3, 0.4) is 0 Å². The second kappa shape index (κ2) is 5.87. The predicted molar refractivity (Wildman–Crippen MR) is 86.7 cm³/mol. The summed E-state index contributed by atoms with van der Waals surface area (Å²) in [5.41, 5.74) is 1.04. The van der Waals surface area contributed by atoms with E-state index in [0.29, 0.717) is 5.76 Å². The Bertz CT molecular complexity index is 803. The van der Waals surface area contributed by atoms with E-state index in [2.05, 4.69) is 42.2 Å². The highest BCUT2D eigenvalue weighted by Gasteiger charge is 2.21. The van der Waals surface area contributed by atoms with Gasteiger partial charge in [0.2, 0.25) is 0 Å². The molecule has 0 radical (unpaired) electrons. The van der Waals surface area contributed by atoms with Gasteiger partial charge in [-0.1, -0.05) is 12.1 Å². The van der Waals surface area contributed by atoms with Crippen LogP contribution in [0.5, 0.6) is 0 Å². The molecule has 0 aliphatic heterocycles. The number of benzene rings is 1. The van der Waals surface area contributed by atoms with Gasteiger partial charge < -0.3 is 9.73 Å². The number of halogens is 3. The zero-order valence-electron chi connectivity index (χ0n) is 11.0. The number of furan rings is 1. The first-order valence-corrected chi connectivity index (χ1v) is 7.85. The number of rotatable bonds is 3. The number of hydrogen-bond acceptors (Lipinski definition) is 3. The minimum Gasteiger partial charge on any atom is -0.456 e. The van der Waals surface area contributed by atoms with E-state index in [1.807, 2.05) is 25.2 Å². The summed E-state index contributed by atoms with van der Waals surface area (Å²) in [5, 5.41) is 3.89. The fourth-order valence-corrected chi connectivity index (χ4v) is 3.46. The van der Waals surface area contributed by atoms with Crippen LogP contribution in [-0.4, -0.2) is 12.0 Å². The van der Waals surface area contributed by atoms with Crippen LogP contribution in [0.4, 0.5) is 4.39 Å². The predicted octanol–water partition coefficient (Wildman–Crippen LogP) is 4.80.